The highest BCUT2D eigenvalue weighted by molar-refractivity contribution is 5.96. The fraction of sp³-hybridized carbons (Fsp3) is 0.808. The predicted molar refractivity (Wildman–Crippen MR) is 128 cm³/mol. The van der Waals surface area contributed by atoms with Gasteiger partial charge in [0, 0.05) is 11.5 Å². The molecule has 2 rings (SSSR count). The van der Waals surface area contributed by atoms with Gasteiger partial charge in [0.1, 0.15) is 6.04 Å². The van der Waals surface area contributed by atoms with Gasteiger partial charge in [0.05, 0.1) is 31.1 Å². The zero-order valence-corrected chi connectivity index (χ0v) is 21.7. The summed E-state index contributed by atoms with van der Waals surface area (Å²) in [4.78, 5) is 41.9. The minimum atomic E-state index is -0.778. The average molecular weight is 465 g/mol. The average Bonchev–Trinajstić information content (AvgIpc) is 2.98. The van der Waals surface area contributed by atoms with Crippen molar-refractivity contribution < 1.29 is 24.2 Å². The van der Waals surface area contributed by atoms with E-state index < -0.39 is 35.4 Å². The van der Waals surface area contributed by atoms with Crippen molar-refractivity contribution in [1.29, 1.82) is 0 Å². The smallest absolute Gasteiger partial charge is 0.310 e. The van der Waals surface area contributed by atoms with Gasteiger partial charge in [-0.1, -0.05) is 46.3 Å². The predicted octanol–water partition coefficient (Wildman–Crippen LogP) is 3.31. The van der Waals surface area contributed by atoms with Gasteiger partial charge in [0.2, 0.25) is 11.8 Å². The third kappa shape index (κ3) is 6.17. The van der Waals surface area contributed by atoms with Gasteiger partial charge in [-0.3, -0.25) is 14.4 Å². The third-order valence-corrected chi connectivity index (χ3v) is 6.67. The van der Waals surface area contributed by atoms with E-state index in [2.05, 4.69) is 26.1 Å². The number of aliphatic hydroxyl groups is 1. The Morgan fingerprint density at radius 3 is 2.33 bits per heavy atom. The Morgan fingerprint density at radius 2 is 1.82 bits per heavy atom. The summed E-state index contributed by atoms with van der Waals surface area (Å²) in [6.45, 7) is 15.9. The fourth-order valence-electron chi connectivity index (χ4n) is 5.96. The zero-order valence-electron chi connectivity index (χ0n) is 21.7. The number of ether oxygens (including phenoxy) is 1. The second kappa shape index (κ2) is 10.6. The van der Waals surface area contributed by atoms with E-state index in [9.17, 15) is 19.5 Å². The van der Waals surface area contributed by atoms with Crippen LogP contribution in [-0.2, 0) is 19.1 Å². The number of amides is 2. The van der Waals surface area contributed by atoms with Crippen molar-refractivity contribution in [3.63, 3.8) is 0 Å². The number of aliphatic hydroxyl groups excluding tert-OH is 1. The Kier molecular flexibility index (Phi) is 8.77. The molecule has 1 aliphatic carbocycles. The van der Waals surface area contributed by atoms with Crippen LogP contribution >= 0.6 is 0 Å². The molecule has 33 heavy (non-hydrogen) atoms. The van der Waals surface area contributed by atoms with E-state index in [-0.39, 0.29) is 42.3 Å². The lowest BCUT2D eigenvalue weighted by Gasteiger charge is -2.37. The van der Waals surface area contributed by atoms with Crippen molar-refractivity contribution in [2.75, 3.05) is 13.2 Å². The maximum Gasteiger partial charge on any atom is 0.310 e. The first-order chi connectivity index (χ1) is 15.3. The highest BCUT2D eigenvalue weighted by atomic mass is 16.5. The summed E-state index contributed by atoms with van der Waals surface area (Å²) in [5, 5.41) is 13.1. The molecular weight excluding hydrogens is 420 g/mol. The number of nitrogens with one attached hydrogen (secondary N) is 1. The van der Waals surface area contributed by atoms with E-state index in [4.69, 9.17) is 4.74 Å². The topological polar surface area (TPSA) is 95.9 Å². The van der Waals surface area contributed by atoms with E-state index in [1.165, 1.54) is 4.90 Å². The summed E-state index contributed by atoms with van der Waals surface area (Å²) < 4.78 is 5.37. The second-order valence-electron chi connectivity index (χ2n) is 11.6. The van der Waals surface area contributed by atoms with Gasteiger partial charge in [-0.25, -0.2) is 0 Å². The number of carbonyl (C=O) groups is 3. The summed E-state index contributed by atoms with van der Waals surface area (Å²) in [5.74, 6) is -2.72. The molecule has 1 heterocycles. The largest absolute Gasteiger partial charge is 0.466 e. The molecule has 0 bridgehead atoms. The number of hydrogen-bond donors (Lipinski definition) is 2. The Bertz CT molecular complexity index is 754. The molecular formula is C26H44N2O5. The molecule has 6 atom stereocenters. The number of allylic oxidation sites excluding steroid dienone is 1. The van der Waals surface area contributed by atoms with Crippen LogP contribution in [-0.4, -0.2) is 58.6 Å². The molecule has 0 unspecified atom stereocenters. The molecule has 7 heteroatoms. The molecule has 188 valence electrons. The summed E-state index contributed by atoms with van der Waals surface area (Å²) >= 11 is 0. The minimum absolute atomic E-state index is 0.00993. The zero-order chi connectivity index (χ0) is 25.1. The fourth-order valence-corrected chi connectivity index (χ4v) is 5.96. The number of fused-ring (bicyclic) bond motifs is 1. The molecule has 2 N–H and O–H groups in total. The first-order valence-electron chi connectivity index (χ1n) is 12.4. The van der Waals surface area contributed by atoms with Gasteiger partial charge in [0.15, 0.2) is 0 Å². The number of esters is 1. The van der Waals surface area contributed by atoms with Crippen LogP contribution in [0.25, 0.3) is 0 Å². The van der Waals surface area contributed by atoms with Crippen LogP contribution in [0.2, 0.25) is 0 Å². The van der Waals surface area contributed by atoms with Crippen LogP contribution in [0.1, 0.15) is 74.7 Å². The minimum Gasteiger partial charge on any atom is -0.466 e. The highest BCUT2D eigenvalue weighted by Crippen LogP contribution is 2.46. The van der Waals surface area contributed by atoms with Gasteiger partial charge in [-0.15, -0.1) is 0 Å². The molecule has 7 nitrogen and oxygen atoms in total. The van der Waals surface area contributed by atoms with Gasteiger partial charge in [-0.05, 0) is 51.9 Å². The lowest BCUT2D eigenvalue weighted by atomic mass is 9.68. The van der Waals surface area contributed by atoms with E-state index in [0.717, 1.165) is 19.3 Å². The van der Waals surface area contributed by atoms with Crippen molar-refractivity contribution in [3.05, 3.63) is 12.2 Å². The van der Waals surface area contributed by atoms with Crippen LogP contribution in [0.5, 0.6) is 0 Å². The van der Waals surface area contributed by atoms with Crippen molar-refractivity contribution >= 4 is 17.8 Å². The van der Waals surface area contributed by atoms with Crippen molar-refractivity contribution in [1.82, 2.24) is 10.2 Å². The van der Waals surface area contributed by atoms with Crippen molar-refractivity contribution in [3.8, 4) is 0 Å². The van der Waals surface area contributed by atoms with Gasteiger partial charge in [-0.2, -0.15) is 0 Å². The van der Waals surface area contributed by atoms with E-state index in [1.54, 1.807) is 13.8 Å². The van der Waals surface area contributed by atoms with Crippen LogP contribution in [0, 0.1) is 29.1 Å². The quantitative estimate of drug-likeness (QED) is 0.403. The monoisotopic (exact) mass is 464 g/mol. The lowest BCUT2D eigenvalue weighted by Crippen LogP contribution is -2.56. The molecule has 0 aromatic carbocycles. The van der Waals surface area contributed by atoms with E-state index >= 15 is 0 Å². The Morgan fingerprint density at radius 1 is 1.18 bits per heavy atom. The van der Waals surface area contributed by atoms with Gasteiger partial charge < -0.3 is 20.1 Å². The Balaban J connectivity index is 2.47. The molecule has 1 fully saturated rings. The summed E-state index contributed by atoms with van der Waals surface area (Å²) in [7, 11) is 0. The Labute approximate surface area is 199 Å². The maximum atomic E-state index is 13.7. The number of hydrogen-bond acceptors (Lipinski definition) is 5. The molecule has 0 radical (unpaired) electrons. The summed E-state index contributed by atoms with van der Waals surface area (Å²) in [6.07, 6.45) is 6.34. The summed E-state index contributed by atoms with van der Waals surface area (Å²) in [5.41, 5.74) is -0.468. The van der Waals surface area contributed by atoms with Gasteiger partial charge in [0.25, 0.3) is 0 Å². The standard InChI is InChI=1S/C26H44N2O5/c1-9-11-17-12-13-18-20(19(17)24(32)33-10-2)23(31)28(16(3)14-29)21(18)22(30)27-26(7,8)15-25(4,5)6/h12-13,16-21,29H,9-11,14-15H2,1-8H3,(H,27,30)/t16-,17-,18+,19-,20+,21+/m1/s1. The molecule has 0 aromatic rings. The van der Waals surface area contributed by atoms with E-state index in [0.29, 0.717) is 0 Å². The number of carbonyl (C=O) groups excluding carboxylic acids is 3. The SMILES string of the molecule is CCC[C@@H]1C=C[C@H]2[C@H](C(=O)N([C@H](C)CO)[C@@H]2C(=O)NC(C)(C)CC(C)(C)C)[C@@H]1C(=O)OCC. The van der Waals surface area contributed by atoms with Crippen LogP contribution < -0.4 is 5.32 Å². The molecule has 0 saturated carbocycles. The molecule has 0 aromatic heterocycles. The first kappa shape index (κ1) is 27.4. The first-order valence-corrected chi connectivity index (χ1v) is 12.4. The number of nitrogens with zero attached hydrogens (tertiary/aromatic N) is 1. The molecule has 2 aliphatic rings. The van der Waals surface area contributed by atoms with Crippen LogP contribution in [0.15, 0.2) is 12.2 Å². The normalized spacial score (nSPS) is 28.5. The third-order valence-electron chi connectivity index (χ3n) is 6.67. The van der Waals surface area contributed by atoms with Crippen LogP contribution in [0.4, 0.5) is 0 Å². The molecule has 1 saturated heterocycles. The number of likely N-dealkylation sites (tertiary alicyclic amines) is 1. The van der Waals surface area contributed by atoms with Crippen LogP contribution in [0.3, 0.4) is 0 Å². The lowest BCUT2D eigenvalue weighted by molar-refractivity contribution is -0.156. The molecule has 0 spiro atoms. The van der Waals surface area contributed by atoms with E-state index in [1.807, 2.05) is 32.9 Å². The second-order valence-corrected chi connectivity index (χ2v) is 11.6. The number of rotatable bonds is 9. The van der Waals surface area contributed by atoms with Gasteiger partial charge >= 0.3 is 5.97 Å². The highest BCUT2D eigenvalue weighted by Gasteiger charge is 2.58. The summed E-state index contributed by atoms with van der Waals surface area (Å²) in [6, 6.07) is -1.31. The Hall–Kier alpha value is -1.89. The van der Waals surface area contributed by atoms with Crippen molar-refractivity contribution in [2.45, 2.75) is 92.3 Å². The molecule has 2 amide bonds. The maximum absolute atomic E-state index is 13.7. The van der Waals surface area contributed by atoms with Crippen molar-refractivity contribution in [2.24, 2.45) is 29.1 Å². The molecule has 1 aliphatic heterocycles.